The number of thiazole rings is 1. The molecule has 3 nitrogen and oxygen atoms in total. The topological polar surface area (TPSA) is 50.9 Å². The van der Waals surface area contributed by atoms with Crippen molar-refractivity contribution in [1.82, 2.24) is 10.3 Å². The molecular weight excluding hydrogens is 242 g/mol. The molecule has 2 rings (SSSR count). The Balaban J connectivity index is 1.81. The van der Waals surface area contributed by atoms with Gasteiger partial charge in [0.1, 0.15) is 0 Å². The second kappa shape index (κ2) is 6.64. The fraction of sp³-hybridized carbons (Fsp3) is 0.357. The van der Waals surface area contributed by atoms with Crippen LogP contribution < -0.4 is 11.1 Å². The van der Waals surface area contributed by atoms with E-state index in [0.717, 1.165) is 25.2 Å². The van der Waals surface area contributed by atoms with Crippen molar-refractivity contribution in [2.45, 2.75) is 26.4 Å². The van der Waals surface area contributed by atoms with E-state index in [4.69, 9.17) is 5.73 Å². The zero-order valence-electron chi connectivity index (χ0n) is 10.6. The number of hydrogen-bond acceptors (Lipinski definition) is 4. The van der Waals surface area contributed by atoms with Gasteiger partial charge >= 0.3 is 0 Å². The van der Waals surface area contributed by atoms with Gasteiger partial charge in [-0.15, -0.1) is 11.3 Å². The smallest absolute Gasteiger partial charge is 0.0798 e. The first-order valence-electron chi connectivity index (χ1n) is 6.17. The molecule has 0 saturated carbocycles. The lowest BCUT2D eigenvalue weighted by Crippen LogP contribution is -2.12. The van der Waals surface area contributed by atoms with E-state index < -0.39 is 0 Å². The van der Waals surface area contributed by atoms with Gasteiger partial charge in [0.05, 0.1) is 11.2 Å². The van der Waals surface area contributed by atoms with E-state index >= 15 is 0 Å². The number of aryl methyl sites for hydroxylation is 1. The molecule has 0 aliphatic rings. The summed E-state index contributed by atoms with van der Waals surface area (Å²) >= 11 is 1.71. The van der Waals surface area contributed by atoms with E-state index in [-0.39, 0.29) is 0 Å². The summed E-state index contributed by atoms with van der Waals surface area (Å²) in [6, 6.07) is 8.64. The van der Waals surface area contributed by atoms with Crippen LogP contribution in [0.5, 0.6) is 0 Å². The number of nitrogens with one attached hydrogen (secondary N) is 1. The van der Waals surface area contributed by atoms with Crippen molar-refractivity contribution in [3.05, 3.63) is 51.5 Å². The van der Waals surface area contributed by atoms with Crippen LogP contribution in [0.15, 0.2) is 29.8 Å². The summed E-state index contributed by atoms with van der Waals surface area (Å²) in [5, 5.41) is 3.44. The zero-order valence-corrected chi connectivity index (χ0v) is 11.5. The van der Waals surface area contributed by atoms with Gasteiger partial charge in [0.15, 0.2) is 0 Å². The molecule has 0 bridgehead atoms. The highest BCUT2D eigenvalue weighted by atomic mass is 32.1. The van der Waals surface area contributed by atoms with Gasteiger partial charge < -0.3 is 11.1 Å². The average molecular weight is 261 g/mol. The number of aromatic nitrogens is 1. The van der Waals surface area contributed by atoms with Crippen molar-refractivity contribution < 1.29 is 0 Å². The summed E-state index contributed by atoms with van der Waals surface area (Å²) in [5.74, 6) is 0. The van der Waals surface area contributed by atoms with Gasteiger partial charge in [-0.2, -0.15) is 0 Å². The Hall–Kier alpha value is -1.23. The van der Waals surface area contributed by atoms with Crippen molar-refractivity contribution in [2.75, 3.05) is 6.54 Å². The first-order valence-corrected chi connectivity index (χ1v) is 7.05. The Morgan fingerprint density at radius 2 is 1.89 bits per heavy atom. The van der Waals surface area contributed by atoms with Crippen LogP contribution in [0.4, 0.5) is 0 Å². The third-order valence-corrected chi connectivity index (χ3v) is 3.85. The van der Waals surface area contributed by atoms with Crippen LogP contribution in [0.1, 0.15) is 21.7 Å². The molecule has 1 aromatic carbocycles. The van der Waals surface area contributed by atoms with Crippen LogP contribution >= 0.6 is 11.3 Å². The summed E-state index contributed by atoms with van der Waals surface area (Å²) in [6.07, 6.45) is 0.952. The lowest BCUT2D eigenvalue weighted by atomic mass is 10.1. The average Bonchev–Trinajstić information content (AvgIpc) is 2.78. The first kappa shape index (κ1) is 13.2. The normalized spacial score (nSPS) is 10.8. The van der Waals surface area contributed by atoms with E-state index in [1.165, 1.54) is 16.0 Å². The number of hydrogen-bond donors (Lipinski definition) is 2. The van der Waals surface area contributed by atoms with Crippen LogP contribution in [0, 0.1) is 6.92 Å². The minimum absolute atomic E-state index is 0.711. The van der Waals surface area contributed by atoms with E-state index in [1.807, 2.05) is 5.51 Å². The van der Waals surface area contributed by atoms with Crippen molar-refractivity contribution in [1.29, 1.82) is 0 Å². The molecule has 0 aliphatic carbocycles. The van der Waals surface area contributed by atoms with Gasteiger partial charge in [0.2, 0.25) is 0 Å². The Labute approximate surface area is 112 Å². The summed E-state index contributed by atoms with van der Waals surface area (Å²) in [7, 11) is 0. The predicted octanol–water partition coefficient (Wildman–Crippen LogP) is 2.24. The molecule has 2 aromatic rings. The van der Waals surface area contributed by atoms with Crippen LogP contribution in [0.25, 0.3) is 0 Å². The SMILES string of the molecule is Cc1ncsc1CNCc1ccc(CCN)cc1. The number of rotatable bonds is 6. The molecule has 0 aliphatic heterocycles. The van der Waals surface area contributed by atoms with Crippen molar-refractivity contribution >= 4 is 11.3 Å². The van der Waals surface area contributed by atoms with Crippen molar-refractivity contribution in [3.63, 3.8) is 0 Å². The summed E-state index contributed by atoms with van der Waals surface area (Å²) < 4.78 is 0. The van der Waals surface area contributed by atoms with Gasteiger partial charge in [-0.05, 0) is 31.0 Å². The molecule has 0 radical (unpaired) electrons. The number of nitrogens with two attached hydrogens (primary N) is 1. The summed E-state index contributed by atoms with van der Waals surface area (Å²) in [6.45, 7) is 4.54. The molecule has 0 amide bonds. The molecule has 0 unspecified atom stereocenters. The maximum Gasteiger partial charge on any atom is 0.0798 e. The molecule has 4 heteroatoms. The van der Waals surface area contributed by atoms with Crippen LogP contribution in [-0.4, -0.2) is 11.5 Å². The quantitative estimate of drug-likeness (QED) is 0.838. The summed E-state index contributed by atoms with van der Waals surface area (Å²) in [4.78, 5) is 5.56. The van der Waals surface area contributed by atoms with Gasteiger partial charge in [0.25, 0.3) is 0 Å². The van der Waals surface area contributed by atoms with Crippen LogP contribution in [0.3, 0.4) is 0 Å². The van der Waals surface area contributed by atoms with E-state index in [0.29, 0.717) is 6.54 Å². The van der Waals surface area contributed by atoms with Gasteiger partial charge in [0, 0.05) is 18.0 Å². The second-order valence-corrected chi connectivity index (χ2v) is 5.26. The Morgan fingerprint density at radius 3 is 2.50 bits per heavy atom. The predicted molar refractivity (Wildman–Crippen MR) is 76.6 cm³/mol. The Kier molecular flexibility index (Phi) is 4.87. The molecule has 3 N–H and O–H groups in total. The molecule has 1 aromatic heterocycles. The number of nitrogens with zero attached hydrogens (tertiary/aromatic N) is 1. The highest BCUT2D eigenvalue weighted by molar-refractivity contribution is 7.09. The minimum atomic E-state index is 0.711. The van der Waals surface area contributed by atoms with Crippen molar-refractivity contribution in [3.8, 4) is 0 Å². The second-order valence-electron chi connectivity index (χ2n) is 4.32. The molecule has 18 heavy (non-hydrogen) atoms. The lowest BCUT2D eigenvalue weighted by molar-refractivity contribution is 0.697. The fourth-order valence-electron chi connectivity index (χ4n) is 1.81. The van der Waals surface area contributed by atoms with Crippen LogP contribution in [-0.2, 0) is 19.5 Å². The Morgan fingerprint density at radius 1 is 1.17 bits per heavy atom. The standard InChI is InChI=1S/C14H19N3S/c1-11-14(18-10-17-11)9-16-8-13-4-2-12(3-5-13)6-7-15/h2-5,10,16H,6-9,15H2,1H3. The zero-order chi connectivity index (χ0) is 12.8. The van der Waals surface area contributed by atoms with Gasteiger partial charge in [-0.3, -0.25) is 0 Å². The molecule has 0 saturated heterocycles. The van der Waals surface area contributed by atoms with E-state index in [2.05, 4.69) is 41.5 Å². The van der Waals surface area contributed by atoms with Gasteiger partial charge in [-0.1, -0.05) is 24.3 Å². The summed E-state index contributed by atoms with van der Waals surface area (Å²) in [5.41, 5.74) is 11.2. The lowest BCUT2D eigenvalue weighted by Gasteiger charge is -2.05. The van der Waals surface area contributed by atoms with E-state index in [1.54, 1.807) is 11.3 Å². The maximum atomic E-state index is 5.53. The molecule has 0 fully saturated rings. The molecule has 1 heterocycles. The highest BCUT2D eigenvalue weighted by Crippen LogP contribution is 2.12. The fourth-order valence-corrected chi connectivity index (χ4v) is 2.55. The largest absolute Gasteiger partial charge is 0.330 e. The third-order valence-electron chi connectivity index (χ3n) is 2.92. The number of benzene rings is 1. The Bertz CT molecular complexity index is 476. The minimum Gasteiger partial charge on any atom is -0.330 e. The third kappa shape index (κ3) is 3.63. The highest BCUT2D eigenvalue weighted by Gasteiger charge is 2.00. The molecular formula is C14H19N3S. The maximum absolute atomic E-state index is 5.53. The molecule has 0 spiro atoms. The first-order chi connectivity index (χ1) is 8.79. The van der Waals surface area contributed by atoms with Crippen molar-refractivity contribution in [2.24, 2.45) is 5.73 Å². The van der Waals surface area contributed by atoms with Crippen LogP contribution in [0.2, 0.25) is 0 Å². The molecule has 96 valence electrons. The monoisotopic (exact) mass is 261 g/mol. The molecule has 0 atom stereocenters. The van der Waals surface area contributed by atoms with Gasteiger partial charge in [-0.25, -0.2) is 4.98 Å². The van der Waals surface area contributed by atoms with E-state index in [9.17, 15) is 0 Å².